The van der Waals surface area contributed by atoms with Crippen LogP contribution in [0.4, 0.5) is 11.4 Å². The Balaban J connectivity index is 1.49. The lowest BCUT2D eigenvalue weighted by atomic mass is 10.2. The van der Waals surface area contributed by atoms with Crippen molar-refractivity contribution in [3.8, 4) is 0 Å². The van der Waals surface area contributed by atoms with Gasteiger partial charge in [0, 0.05) is 18.4 Å². The molecule has 2 aromatic carbocycles. The van der Waals surface area contributed by atoms with Crippen molar-refractivity contribution in [2.24, 2.45) is 0 Å². The number of amides is 2. The Morgan fingerprint density at radius 1 is 1.07 bits per heavy atom. The molecule has 1 heterocycles. The van der Waals surface area contributed by atoms with Gasteiger partial charge in [0.1, 0.15) is 0 Å². The molecule has 0 saturated carbocycles. The number of hydrogen-bond donors (Lipinski definition) is 2. The van der Waals surface area contributed by atoms with Crippen LogP contribution in [0.2, 0.25) is 5.02 Å². The molecule has 0 unspecified atom stereocenters. The summed E-state index contributed by atoms with van der Waals surface area (Å²) in [4.78, 5) is 28.1. The van der Waals surface area contributed by atoms with E-state index >= 15 is 0 Å². The molecule has 2 N–H and O–H groups in total. The zero-order valence-corrected chi connectivity index (χ0v) is 16.5. The lowest BCUT2D eigenvalue weighted by molar-refractivity contribution is -0.116. The molecule has 0 spiro atoms. The molecule has 7 heteroatoms. The third kappa shape index (κ3) is 5.52. The highest BCUT2D eigenvalue weighted by molar-refractivity contribution is 7.18. The number of unbranched alkanes of at least 4 members (excludes halogenated alkanes) is 1. The lowest BCUT2D eigenvalue weighted by Gasteiger charge is -2.12. The van der Waals surface area contributed by atoms with Crippen molar-refractivity contribution >= 4 is 56.3 Å². The molecule has 0 fully saturated rings. The molecule has 2 amide bonds. The predicted octanol–water partition coefficient (Wildman–Crippen LogP) is 5.26. The highest BCUT2D eigenvalue weighted by atomic mass is 35.5. The highest BCUT2D eigenvalue weighted by Crippen LogP contribution is 2.26. The fourth-order valence-electron chi connectivity index (χ4n) is 2.72. The van der Waals surface area contributed by atoms with Crippen molar-refractivity contribution in [3.05, 3.63) is 52.5 Å². The second-order valence-corrected chi connectivity index (χ2v) is 7.75. The first-order valence-electron chi connectivity index (χ1n) is 8.73. The van der Waals surface area contributed by atoms with Gasteiger partial charge in [0.25, 0.3) is 0 Å². The minimum absolute atomic E-state index is 0.104. The SMILES string of the molecule is CC(=O)Nc1ccc(Cl)cc1NC(=O)CCCCc1nc2ccccc2s1. The van der Waals surface area contributed by atoms with E-state index in [1.807, 2.05) is 18.2 Å². The Morgan fingerprint density at radius 3 is 2.67 bits per heavy atom. The van der Waals surface area contributed by atoms with Crippen LogP contribution in [0.15, 0.2) is 42.5 Å². The van der Waals surface area contributed by atoms with Crippen molar-refractivity contribution in [1.82, 2.24) is 4.98 Å². The van der Waals surface area contributed by atoms with Crippen LogP contribution >= 0.6 is 22.9 Å². The minimum Gasteiger partial charge on any atom is -0.325 e. The zero-order valence-electron chi connectivity index (χ0n) is 14.9. The van der Waals surface area contributed by atoms with Gasteiger partial charge in [-0.2, -0.15) is 0 Å². The summed E-state index contributed by atoms with van der Waals surface area (Å²) in [6.07, 6.45) is 2.91. The molecule has 27 heavy (non-hydrogen) atoms. The molecule has 0 aliphatic carbocycles. The second kappa shape index (κ2) is 8.97. The first kappa shape index (κ1) is 19.3. The van der Waals surface area contributed by atoms with Crippen LogP contribution < -0.4 is 10.6 Å². The molecular formula is C20H20ClN3O2S. The van der Waals surface area contributed by atoms with Crippen LogP contribution in [0.5, 0.6) is 0 Å². The number of fused-ring (bicyclic) bond motifs is 1. The molecule has 0 bridgehead atoms. The van der Waals surface area contributed by atoms with Crippen molar-refractivity contribution in [2.45, 2.75) is 32.6 Å². The number of nitrogens with one attached hydrogen (secondary N) is 2. The fraction of sp³-hybridized carbons (Fsp3) is 0.250. The number of hydrogen-bond acceptors (Lipinski definition) is 4. The standard InChI is InChI=1S/C20H20ClN3O2S/c1-13(25)22-15-11-10-14(21)12-17(15)23-19(26)8-4-5-9-20-24-16-6-2-3-7-18(16)27-20/h2-3,6-7,10-12H,4-5,8-9H2,1H3,(H,22,25)(H,23,26). The Bertz CT molecular complexity index is 938. The fourth-order valence-corrected chi connectivity index (χ4v) is 3.90. The molecule has 0 radical (unpaired) electrons. The second-order valence-electron chi connectivity index (χ2n) is 6.20. The number of carbonyl (C=O) groups is 2. The van der Waals surface area contributed by atoms with E-state index in [4.69, 9.17) is 11.6 Å². The molecule has 0 aliphatic rings. The smallest absolute Gasteiger partial charge is 0.224 e. The van der Waals surface area contributed by atoms with E-state index in [1.165, 1.54) is 11.6 Å². The Kier molecular flexibility index (Phi) is 6.42. The summed E-state index contributed by atoms with van der Waals surface area (Å²) >= 11 is 7.70. The number of carbonyl (C=O) groups excluding carboxylic acids is 2. The van der Waals surface area contributed by atoms with Crippen LogP contribution in [0, 0.1) is 0 Å². The van der Waals surface area contributed by atoms with Crippen molar-refractivity contribution in [3.63, 3.8) is 0 Å². The van der Waals surface area contributed by atoms with Crippen molar-refractivity contribution in [2.75, 3.05) is 10.6 Å². The average Bonchev–Trinajstić information content (AvgIpc) is 3.03. The number of aryl methyl sites for hydroxylation is 1. The van der Waals surface area contributed by atoms with Gasteiger partial charge < -0.3 is 10.6 Å². The van der Waals surface area contributed by atoms with Crippen molar-refractivity contribution in [1.29, 1.82) is 0 Å². The summed E-state index contributed by atoms with van der Waals surface area (Å²) in [5, 5.41) is 7.11. The molecule has 5 nitrogen and oxygen atoms in total. The van der Waals surface area contributed by atoms with E-state index in [9.17, 15) is 9.59 Å². The Hall–Kier alpha value is -2.44. The van der Waals surface area contributed by atoms with Gasteiger partial charge in [0.15, 0.2) is 0 Å². The quantitative estimate of drug-likeness (QED) is 0.530. The van der Waals surface area contributed by atoms with E-state index < -0.39 is 0 Å². The molecule has 1 aromatic heterocycles. The maximum atomic E-state index is 12.2. The third-order valence-electron chi connectivity index (χ3n) is 3.95. The monoisotopic (exact) mass is 401 g/mol. The largest absolute Gasteiger partial charge is 0.325 e. The van der Waals surface area contributed by atoms with Gasteiger partial charge >= 0.3 is 0 Å². The van der Waals surface area contributed by atoms with Crippen LogP contribution in [-0.4, -0.2) is 16.8 Å². The number of anilines is 2. The maximum absolute atomic E-state index is 12.2. The van der Waals surface area contributed by atoms with Crippen molar-refractivity contribution < 1.29 is 9.59 Å². The Morgan fingerprint density at radius 2 is 1.89 bits per heavy atom. The number of thiazole rings is 1. The Labute approximate surface area is 166 Å². The van der Waals surface area contributed by atoms with E-state index in [2.05, 4.69) is 21.7 Å². The first-order valence-corrected chi connectivity index (χ1v) is 9.92. The summed E-state index contributed by atoms with van der Waals surface area (Å²) in [5.74, 6) is -0.308. The minimum atomic E-state index is -0.205. The van der Waals surface area contributed by atoms with E-state index in [0.717, 1.165) is 29.8 Å². The summed E-state index contributed by atoms with van der Waals surface area (Å²) in [6.45, 7) is 1.42. The van der Waals surface area contributed by atoms with Gasteiger partial charge in [0.05, 0.1) is 26.6 Å². The highest BCUT2D eigenvalue weighted by Gasteiger charge is 2.10. The number of aromatic nitrogens is 1. The number of halogens is 1. The summed E-state index contributed by atoms with van der Waals surface area (Å²) in [7, 11) is 0. The third-order valence-corrected chi connectivity index (χ3v) is 5.28. The maximum Gasteiger partial charge on any atom is 0.224 e. The number of nitrogens with zero attached hydrogens (tertiary/aromatic N) is 1. The lowest BCUT2D eigenvalue weighted by Crippen LogP contribution is -2.14. The summed E-state index contributed by atoms with van der Waals surface area (Å²) in [6, 6.07) is 13.1. The molecule has 0 aliphatic heterocycles. The van der Waals surface area contributed by atoms with Crippen LogP contribution in [0.3, 0.4) is 0 Å². The zero-order chi connectivity index (χ0) is 19.2. The molecule has 3 rings (SSSR count). The summed E-state index contributed by atoms with van der Waals surface area (Å²) < 4.78 is 1.19. The van der Waals surface area contributed by atoms with Gasteiger partial charge in [-0.1, -0.05) is 23.7 Å². The number of para-hydroxylation sites is 1. The van der Waals surface area contributed by atoms with E-state index in [1.54, 1.807) is 29.5 Å². The molecule has 3 aromatic rings. The predicted molar refractivity (Wildman–Crippen MR) is 112 cm³/mol. The van der Waals surface area contributed by atoms with Gasteiger partial charge in [-0.05, 0) is 49.6 Å². The number of benzene rings is 2. The van der Waals surface area contributed by atoms with Gasteiger partial charge in [-0.15, -0.1) is 11.3 Å². The van der Waals surface area contributed by atoms with Gasteiger partial charge in [-0.3, -0.25) is 9.59 Å². The average molecular weight is 402 g/mol. The topological polar surface area (TPSA) is 71.1 Å². The molecule has 0 atom stereocenters. The molecule has 0 saturated heterocycles. The summed E-state index contributed by atoms with van der Waals surface area (Å²) in [5.41, 5.74) is 2.07. The normalized spacial score (nSPS) is 10.7. The van der Waals surface area contributed by atoms with Crippen LogP contribution in [0.1, 0.15) is 31.2 Å². The first-order chi connectivity index (χ1) is 13.0. The van der Waals surface area contributed by atoms with E-state index in [0.29, 0.717) is 22.8 Å². The molecule has 140 valence electrons. The van der Waals surface area contributed by atoms with E-state index in [-0.39, 0.29) is 11.8 Å². The number of rotatable bonds is 7. The van der Waals surface area contributed by atoms with Crippen LogP contribution in [0.25, 0.3) is 10.2 Å². The molecular weight excluding hydrogens is 382 g/mol. The van der Waals surface area contributed by atoms with Gasteiger partial charge in [0.2, 0.25) is 11.8 Å². The van der Waals surface area contributed by atoms with Crippen LogP contribution in [-0.2, 0) is 16.0 Å². The van der Waals surface area contributed by atoms with Gasteiger partial charge in [-0.25, -0.2) is 4.98 Å².